The van der Waals surface area contributed by atoms with Crippen LogP contribution in [0.3, 0.4) is 0 Å². The maximum atomic E-state index is 14.4. The summed E-state index contributed by atoms with van der Waals surface area (Å²) in [6, 6.07) is 3.68. The van der Waals surface area contributed by atoms with Gasteiger partial charge in [0.1, 0.15) is 29.9 Å². The lowest BCUT2D eigenvalue weighted by molar-refractivity contribution is 0.0870. The third-order valence-corrected chi connectivity index (χ3v) is 4.81. The Morgan fingerprint density at radius 3 is 2.60 bits per heavy atom. The van der Waals surface area contributed by atoms with E-state index in [1.165, 1.54) is 17.3 Å². The molecule has 0 bridgehead atoms. The first-order chi connectivity index (χ1) is 14.5. The minimum absolute atomic E-state index is 0.0482. The molecule has 0 unspecified atom stereocenters. The molecule has 10 heteroatoms. The molecule has 3 rings (SSSR count). The van der Waals surface area contributed by atoms with Crippen molar-refractivity contribution < 1.29 is 23.4 Å². The van der Waals surface area contributed by atoms with Gasteiger partial charge in [0.25, 0.3) is 0 Å². The average molecular weight is 421 g/mol. The van der Waals surface area contributed by atoms with E-state index in [9.17, 15) is 13.6 Å². The summed E-state index contributed by atoms with van der Waals surface area (Å²) in [5.74, 6) is -0.642. The Morgan fingerprint density at radius 2 is 1.90 bits per heavy atom. The number of unbranched alkanes of at least 4 members (excludes halogenated alkanes) is 1. The van der Waals surface area contributed by atoms with Crippen molar-refractivity contribution in [1.29, 1.82) is 0 Å². The molecule has 162 valence electrons. The molecule has 0 saturated carbocycles. The van der Waals surface area contributed by atoms with E-state index in [1.54, 1.807) is 0 Å². The number of hydrogen-bond donors (Lipinski definition) is 3. The predicted octanol–water partition coefficient (Wildman–Crippen LogP) is 4.23. The van der Waals surface area contributed by atoms with Crippen molar-refractivity contribution in [3.8, 4) is 5.88 Å². The fourth-order valence-corrected chi connectivity index (χ4v) is 3.12. The van der Waals surface area contributed by atoms with Crippen LogP contribution in [-0.4, -0.2) is 51.8 Å². The number of hydrogen-bond acceptors (Lipinski definition) is 6. The van der Waals surface area contributed by atoms with Crippen LogP contribution in [0.5, 0.6) is 5.88 Å². The predicted molar refractivity (Wildman–Crippen MR) is 108 cm³/mol. The van der Waals surface area contributed by atoms with Crippen LogP contribution in [-0.2, 0) is 0 Å². The summed E-state index contributed by atoms with van der Waals surface area (Å²) in [4.78, 5) is 20.4. The fourth-order valence-electron chi connectivity index (χ4n) is 3.12. The van der Waals surface area contributed by atoms with Gasteiger partial charge < -0.3 is 25.4 Å². The third-order valence-electron chi connectivity index (χ3n) is 4.81. The second kappa shape index (κ2) is 10.0. The second-order valence-electron chi connectivity index (χ2n) is 7.05. The monoisotopic (exact) mass is 421 g/mol. The van der Waals surface area contributed by atoms with Gasteiger partial charge in [-0.2, -0.15) is 0 Å². The highest BCUT2D eigenvalue weighted by molar-refractivity contribution is 5.65. The summed E-state index contributed by atoms with van der Waals surface area (Å²) in [5, 5.41) is 14.6. The zero-order chi connectivity index (χ0) is 21.5. The largest absolute Gasteiger partial charge is 0.474 e. The average Bonchev–Trinajstić information content (AvgIpc) is 2.72. The molecule has 2 heterocycles. The lowest BCUT2D eigenvalue weighted by atomic mass is 10.1. The van der Waals surface area contributed by atoms with Crippen LogP contribution in [0.1, 0.15) is 32.6 Å². The van der Waals surface area contributed by atoms with E-state index < -0.39 is 17.7 Å². The number of carbonyl (C=O) groups is 1. The number of nitrogens with zero attached hydrogens (tertiary/aromatic N) is 3. The molecule has 1 amide bonds. The third kappa shape index (κ3) is 5.68. The number of anilines is 3. The van der Waals surface area contributed by atoms with Gasteiger partial charge in [-0.05, 0) is 6.42 Å². The van der Waals surface area contributed by atoms with Crippen molar-refractivity contribution in [2.75, 3.05) is 30.3 Å². The molecule has 2 aromatic rings. The maximum absolute atomic E-state index is 14.4. The summed E-state index contributed by atoms with van der Waals surface area (Å²) in [7, 11) is 0. The molecule has 1 fully saturated rings. The molecule has 30 heavy (non-hydrogen) atoms. The van der Waals surface area contributed by atoms with Gasteiger partial charge in [-0.3, -0.25) is 0 Å². The van der Waals surface area contributed by atoms with Crippen LogP contribution in [0.15, 0.2) is 24.5 Å². The van der Waals surface area contributed by atoms with Gasteiger partial charge >= 0.3 is 6.09 Å². The number of benzene rings is 1. The first-order valence-electron chi connectivity index (χ1n) is 9.92. The number of amides is 1. The number of nitrogens with one attached hydrogen (secondary N) is 2. The molecule has 1 saturated heterocycles. The molecule has 8 nitrogen and oxygen atoms in total. The summed E-state index contributed by atoms with van der Waals surface area (Å²) in [5.41, 5.74) is 0.0684. The molecule has 1 aliphatic heterocycles. The van der Waals surface area contributed by atoms with E-state index in [2.05, 4.69) is 20.6 Å². The van der Waals surface area contributed by atoms with Gasteiger partial charge in [-0.15, -0.1) is 0 Å². The Kier molecular flexibility index (Phi) is 7.21. The Balaban J connectivity index is 1.62. The SMILES string of the molecule is CCCCNc1cc(F)c(Nc2cc(OC3CCN(C(=O)O)CC3)ncn2)cc1F. The summed E-state index contributed by atoms with van der Waals surface area (Å²) in [6.07, 6.45) is 3.05. The zero-order valence-electron chi connectivity index (χ0n) is 16.7. The molecule has 1 aromatic carbocycles. The van der Waals surface area contributed by atoms with Gasteiger partial charge in [0.15, 0.2) is 0 Å². The van der Waals surface area contributed by atoms with Crippen LogP contribution >= 0.6 is 0 Å². The molecule has 0 spiro atoms. The van der Waals surface area contributed by atoms with E-state index in [-0.39, 0.29) is 29.2 Å². The maximum Gasteiger partial charge on any atom is 0.407 e. The molecule has 0 atom stereocenters. The van der Waals surface area contributed by atoms with Gasteiger partial charge in [0.2, 0.25) is 5.88 Å². The molecule has 0 aliphatic carbocycles. The highest BCUT2D eigenvalue weighted by Crippen LogP contribution is 2.27. The number of likely N-dealkylation sites (tertiary alicyclic amines) is 1. The van der Waals surface area contributed by atoms with Crippen molar-refractivity contribution in [1.82, 2.24) is 14.9 Å². The lowest BCUT2D eigenvalue weighted by Gasteiger charge is -2.29. The van der Waals surface area contributed by atoms with E-state index in [1.807, 2.05) is 6.92 Å². The summed E-state index contributed by atoms with van der Waals surface area (Å²) in [6.45, 7) is 3.36. The molecule has 0 radical (unpaired) electrons. The van der Waals surface area contributed by atoms with E-state index in [0.717, 1.165) is 25.0 Å². The number of rotatable bonds is 8. The molecule has 3 N–H and O–H groups in total. The van der Waals surface area contributed by atoms with Crippen molar-refractivity contribution in [3.05, 3.63) is 36.2 Å². The minimum atomic E-state index is -0.942. The Bertz CT molecular complexity index is 876. The van der Waals surface area contributed by atoms with Crippen LogP contribution in [0.2, 0.25) is 0 Å². The van der Waals surface area contributed by atoms with Gasteiger partial charge in [0.05, 0.1) is 11.4 Å². The van der Waals surface area contributed by atoms with Crippen molar-refractivity contribution in [2.24, 2.45) is 0 Å². The van der Waals surface area contributed by atoms with Crippen LogP contribution in [0, 0.1) is 11.6 Å². The van der Waals surface area contributed by atoms with Crippen molar-refractivity contribution in [3.63, 3.8) is 0 Å². The van der Waals surface area contributed by atoms with Crippen LogP contribution in [0.4, 0.5) is 30.8 Å². The smallest absolute Gasteiger partial charge is 0.407 e. The van der Waals surface area contributed by atoms with Crippen molar-refractivity contribution in [2.45, 2.75) is 38.7 Å². The highest BCUT2D eigenvalue weighted by Gasteiger charge is 2.23. The Morgan fingerprint density at radius 1 is 1.20 bits per heavy atom. The Labute approximate surface area is 173 Å². The Hall–Kier alpha value is -3.17. The number of aromatic nitrogens is 2. The molecule has 1 aliphatic rings. The van der Waals surface area contributed by atoms with Crippen LogP contribution < -0.4 is 15.4 Å². The number of halogens is 2. The standard InChI is InChI=1S/C20H25F2N5O3/c1-2-3-6-23-16-9-15(22)17(10-14(16)21)26-18-11-19(25-12-24-18)30-13-4-7-27(8-5-13)20(28)29/h9-13,23H,2-8H2,1H3,(H,28,29)(H,24,25,26). The second-order valence-corrected chi connectivity index (χ2v) is 7.05. The molecule has 1 aromatic heterocycles. The first kappa shape index (κ1) is 21.5. The van der Waals surface area contributed by atoms with Crippen molar-refractivity contribution >= 4 is 23.3 Å². The number of carboxylic acid groups (broad SMARTS) is 1. The minimum Gasteiger partial charge on any atom is -0.474 e. The first-order valence-corrected chi connectivity index (χ1v) is 9.92. The van der Waals surface area contributed by atoms with Gasteiger partial charge in [-0.1, -0.05) is 13.3 Å². The zero-order valence-corrected chi connectivity index (χ0v) is 16.7. The molecular weight excluding hydrogens is 396 g/mol. The normalized spacial score (nSPS) is 14.4. The number of ether oxygens (including phenoxy) is 1. The molecular formula is C20H25F2N5O3. The summed E-state index contributed by atoms with van der Waals surface area (Å²) < 4.78 is 34.5. The van der Waals surface area contributed by atoms with E-state index in [0.29, 0.717) is 32.5 Å². The summed E-state index contributed by atoms with van der Waals surface area (Å²) >= 11 is 0. The highest BCUT2D eigenvalue weighted by atomic mass is 19.1. The lowest BCUT2D eigenvalue weighted by Crippen LogP contribution is -2.41. The number of piperidine rings is 1. The van der Waals surface area contributed by atoms with E-state index in [4.69, 9.17) is 9.84 Å². The fraction of sp³-hybridized carbons (Fsp3) is 0.450. The van der Waals surface area contributed by atoms with Gasteiger partial charge in [-0.25, -0.2) is 23.5 Å². The topological polar surface area (TPSA) is 99.6 Å². The van der Waals surface area contributed by atoms with E-state index >= 15 is 0 Å². The van der Waals surface area contributed by atoms with Gasteiger partial charge in [0, 0.05) is 50.7 Å². The quantitative estimate of drug-likeness (QED) is 0.549. The van der Waals surface area contributed by atoms with Crippen LogP contribution in [0.25, 0.3) is 0 Å².